The topological polar surface area (TPSA) is 105 Å². The Morgan fingerprint density at radius 3 is 2.88 bits per heavy atom. The highest BCUT2D eigenvalue weighted by Crippen LogP contribution is 2.28. The first kappa shape index (κ1) is 16.6. The lowest BCUT2D eigenvalue weighted by Crippen LogP contribution is -2.52. The van der Waals surface area contributed by atoms with E-state index in [9.17, 15) is 14.4 Å². The van der Waals surface area contributed by atoms with Crippen molar-refractivity contribution in [1.29, 1.82) is 0 Å². The highest BCUT2D eigenvalue weighted by Gasteiger charge is 2.38. The first-order chi connectivity index (χ1) is 11.6. The molecule has 0 spiro atoms. The molecule has 3 amide bonds. The fraction of sp³-hybridized carbons (Fsp3) is 0.471. The van der Waals surface area contributed by atoms with Crippen molar-refractivity contribution in [2.24, 2.45) is 5.73 Å². The van der Waals surface area contributed by atoms with Gasteiger partial charge in [-0.25, -0.2) is 0 Å². The molecular formula is C17H22N4O3. The minimum atomic E-state index is -0.561. The minimum absolute atomic E-state index is 0.137. The van der Waals surface area contributed by atoms with Gasteiger partial charge in [0.1, 0.15) is 6.04 Å². The molecule has 0 radical (unpaired) electrons. The fourth-order valence-corrected chi connectivity index (χ4v) is 3.20. The maximum atomic E-state index is 12.6. The number of hydrogen-bond donors (Lipinski definition) is 3. The van der Waals surface area contributed by atoms with Crippen molar-refractivity contribution in [2.75, 3.05) is 13.1 Å². The molecule has 128 valence electrons. The van der Waals surface area contributed by atoms with Crippen molar-refractivity contribution in [3.63, 3.8) is 0 Å². The summed E-state index contributed by atoms with van der Waals surface area (Å²) in [4.78, 5) is 37.4. The zero-order valence-corrected chi connectivity index (χ0v) is 13.5. The molecule has 3 rings (SSSR count). The van der Waals surface area contributed by atoms with E-state index >= 15 is 0 Å². The summed E-state index contributed by atoms with van der Waals surface area (Å²) >= 11 is 0. The number of rotatable bonds is 6. The standard InChI is InChI=1S/C17H22N4O3/c18-6-1-7-19-9-11-2-3-13-12(8-11)10-21(17(13)24)14-4-5-15(22)20-16(14)23/h2-3,8,14,19H,1,4-7,9-10,18H2,(H,20,22,23). The van der Waals surface area contributed by atoms with E-state index < -0.39 is 6.04 Å². The van der Waals surface area contributed by atoms with Gasteiger partial charge in [0.15, 0.2) is 0 Å². The first-order valence-electron chi connectivity index (χ1n) is 8.27. The van der Waals surface area contributed by atoms with Crippen LogP contribution in [0.3, 0.4) is 0 Å². The van der Waals surface area contributed by atoms with Crippen LogP contribution < -0.4 is 16.4 Å². The third-order valence-electron chi connectivity index (χ3n) is 4.47. The minimum Gasteiger partial charge on any atom is -0.330 e. The van der Waals surface area contributed by atoms with Crippen molar-refractivity contribution in [3.05, 3.63) is 34.9 Å². The lowest BCUT2D eigenvalue weighted by Gasteiger charge is -2.29. The molecule has 1 unspecified atom stereocenters. The van der Waals surface area contributed by atoms with Crippen molar-refractivity contribution >= 4 is 17.7 Å². The summed E-state index contributed by atoms with van der Waals surface area (Å²) in [6.07, 6.45) is 1.58. The fourth-order valence-electron chi connectivity index (χ4n) is 3.20. The van der Waals surface area contributed by atoms with Crippen LogP contribution in [0.4, 0.5) is 0 Å². The number of hydrogen-bond acceptors (Lipinski definition) is 5. The van der Waals surface area contributed by atoms with E-state index in [1.54, 1.807) is 4.90 Å². The number of amides is 3. The number of nitrogens with one attached hydrogen (secondary N) is 2. The van der Waals surface area contributed by atoms with Gasteiger partial charge in [-0.05, 0) is 43.1 Å². The predicted octanol–water partition coefficient (Wildman–Crippen LogP) is -0.114. The SMILES string of the molecule is NCCCNCc1ccc2c(c1)CN(C1CCC(=O)NC1=O)C2=O. The van der Waals surface area contributed by atoms with Crippen molar-refractivity contribution in [2.45, 2.75) is 38.4 Å². The average molecular weight is 330 g/mol. The van der Waals surface area contributed by atoms with Crippen LogP contribution in [0.25, 0.3) is 0 Å². The van der Waals surface area contributed by atoms with Crippen LogP contribution in [0.15, 0.2) is 18.2 Å². The van der Waals surface area contributed by atoms with E-state index in [0.29, 0.717) is 25.1 Å². The molecule has 0 aliphatic carbocycles. The highest BCUT2D eigenvalue weighted by molar-refractivity contribution is 6.05. The molecule has 1 fully saturated rings. The number of carbonyl (C=O) groups is 3. The zero-order chi connectivity index (χ0) is 17.1. The highest BCUT2D eigenvalue weighted by atomic mass is 16.2. The van der Waals surface area contributed by atoms with Crippen LogP contribution in [0.5, 0.6) is 0 Å². The van der Waals surface area contributed by atoms with Crippen molar-refractivity contribution in [3.8, 4) is 0 Å². The van der Waals surface area contributed by atoms with Gasteiger partial charge in [0.05, 0.1) is 0 Å². The molecule has 1 aromatic rings. The van der Waals surface area contributed by atoms with Gasteiger partial charge in [0.25, 0.3) is 5.91 Å². The lowest BCUT2D eigenvalue weighted by molar-refractivity contribution is -0.136. The van der Waals surface area contributed by atoms with Crippen LogP contribution in [0.1, 0.15) is 40.7 Å². The number of nitrogens with zero attached hydrogens (tertiary/aromatic N) is 1. The second-order valence-corrected chi connectivity index (χ2v) is 6.21. The Labute approximate surface area is 140 Å². The summed E-state index contributed by atoms with van der Waals surface area (Å²) < 4.78 is 0. The summed E-state index contributed by atoms with van der Waals surface area (Å²) in [6, 6.07) is 5.20. The van der Waals surface area contributed by atoms with Crippen LogP contribution in [0, 0.1) is 0 Å². The number of benzene rings is 1. The molecule has 0 aromatic heterocycles. The van der Waals surface area contributed by atoms with E-state index in [1.807, 2.05) is 18.2 Å². The number of imide groups is 1. The third kappa shape index (κ3) is 3.32. The van der Waals surface area contributed by atoms with Crippen LogP contribution in [-0.4, -0.2) is 41.8 Å². The molecule has 2 aliphatic rings. The Balaban J connectivity index is 1.68. The Morgan fingerprint density at radius 2 is 2.12 bits per heavy atom. The van der Waals surface area contributed by atoms with E-state index in [-0.39, 0.29) is 24.1 Å². The second kappa shape index (κ2) is 7.11. The van der Waals surface area contributed by atoms with Gasteiger partial charge < -0.3 is 16.0 Å². The Bertz CT molecular complexity index is 674. The lowest BCUT2D eigenvalue weighted by atomic mass is 10.0. The molecule has 2 heterocycles. The first-order valence-corrected chi connectivity index (χ1v) is 8.27. The van der Waals surface area contributed by atoms with Gasteiger partial charge in [-0.2, -0.15) is 0 Å². The Kier molecular flexibility index (Phi) is 4.92. The molecule has 1 aromatic carbocycles. The molecule has 24 heavy (non-hydrogen) atoms. The van der Waals surface area contributed by atoms with Crippen LogP contribution in [0.2, 0.25) is 0 Å². The molecule has 7 heteroatoms. The van der Waals surface area contributed by atoms with Gasteiger partial charge in [-0.1, -0.05) is 12.1 Å². The summed E-state index contributed by atoms with van der Waals surface area (Å²) in [5, 5.41) is 5.62. The van der Waals surface area contributed by atoms with E-state index in [4.69, 9.17) is 5.73 Å². The van der Waals surface area contributed by atoms with Crippen molar-refractivity contribution in [1.82, 2.24) is 15.5 Å². The molecule has 1 atom stereocenters. The number of fused-ring (bicyclic) bond motifs is 1. The molecule has 0 saturated carbocycles. The summed E-state index contributed by atoms with van der Waals surface area (Å²) in [5.74, 6) is -0.788. The predicted molar refractivity (Wildman–Crippen MR) is 87.9 cm³/mol. The second-order valence-electron chi connectivity index (χ2n) is 6.21. The van der Waals surface area contributed by atoms with Gasteiger partial charge in [0, 0.05) is 25.1 Å². The van der Waals surface area contributed by atoms with E-state index in [0.717, 1.165) is 30.6 Å². The molecular weight excluding hydrogens is 308 g/mol. The number of carbonyl (C=O) groups excluding carboxylic acids is 3. The van der Waals surface area contributed by atoms with Gasteiger partial charge in [-0.3, -0.25) is 19.7 Å². The average Bonchev–Trinajstić information content (AvgIpc) is 2.88. The molecule has 0 bridgehead atoms. The van der Waals surface area contributed by atoms with Crippen LogP contribution >= 0.6 is 0 Å². The van der Waals surface area contributed by atoms with E-state index in [2.05, 4.69) is 10.6 Å². The van der Waals surface area contributed by atoms with Gasteiger partial charge in [0.2, 0.25) is 11.8 Å². The largest absolute Gasteiger partial charge is 0.330 e. The monoisotopic (exact) mass is 330 g/mol. The maximum absolute atomic E-state index is 12.6. The van der Waals surface area contributed by atoms with Gasteiger partial charge >= 0.3 is 0 Å². The summed E-state index contributed by atoms with van der Waals surface area (Å²) in [6.45, 7) is 2.65. The zero-order valence-electron chi connectivity index (χ0n) is 13.5. The van der Waals surface area contributed by atoms with Crippen LogP contribution in [-0.2, 0) is 22.7 Å². The van der Waals surface area contributed by atoms with Gasteiger partial charge in [-0.15, -0.1) is 0 Å². The quantitative estimate of drug-likeness (QED) is 0.498. The summed E-state index contributed by atoms with van der Waals surface area (Å²) in [7, 11) is 0. The Morgan fingerprint density at radius 1 is 1.29 bits per heavy atom. The maximum Gasteiger partial charge on any atom is 0.255 e. The Hall–Kier alpha value is -2.25. The number of piperidine rings is 1. The molecule has 7 nitrogen and oxygen atoms in total. The van der Waals surface area contributed by atoms with Crippen molar-refractivity contribution < 1.29 is 14.4 Å². The summed E-state index contributed by atoms with van der Waals surface area (Å²) in [5.41, 5.74) is 8.14. The molecule has 2 aliphatic heterocycles. The number of nitrogens with two attached hydrogens (primary N) is 1. The van der Waals surface area contributed by atoms with E-state index in [1.165, 1.54) is 0 Å². The molecule has 1 saturated heterocycles. The normalized spacial score (nSPS) is 20.3. The molecule has 4 N–H and O–H groups in total. The third-order valence-corrected chi connectivity index (χ3v) is 4.47. The smallest absolute Gasteiger partial charge is 0.255 e.